The monoisotopic (exact) mass is 413 g/mol. The average Bonchev–Trinajstić information content (AvgIpc) is 3.24. The summed E-state index contributed by atoms with van der Waals surface area (Å²) in [4.78, 5) is 39.1. The van der Waals surface area contributed by atoms with Crippen LogP contribution in [-0.4, -0.2) is 48.8 Å². The van der Waals surface area contributed by atoms with Crippen LogP contribution < -0.4 is 10.6 Å². The van der Waals surface area contributed by atoms with Crippen LogP contribution >= 0.6 is 11.8 Å². The molecule has 0 spiro atoms. The minimum Gasteiger partial charge on any atom is -0.368 e. The molecule has 0 aliphatic carbocycles. The molecule has 1 fully saturated rings. The number of thioether (sulfide) groups is 1. The molecule has 2 aromatic rings. The van der Waals surface area contributed by atoms with E-state index in [-0.39, 0.29) is 17.1 Å². The van der Waals surface area contributed by atoms with Crippen molar-refractivity contribution in [3.8, 4) is 0 Å². The van der Waals surface area contributed by atoms with Crippen molar-refractivity contribution < 1.29 is 19.1 Å². The Hall–Kier alpha value is -2.84. The lowest BCUT2D eigenvalue weighted by Gasteiger charge is -2.14. The van der Waals surface area contributed by atoms with Gasteiger partial charge in [0.25, 0.3) is 17.1 Å². The zero-order valence-electron chi connectivity index (χ0n) is 16.3. The highest BCUT2D eigenvalue weighted by molar-refractivity contribution is 8.13. The first-order valence-electron chi connectivity index (χ1n) is 9.26. The summed E-state index contributed by atoms with van der Waals surface area (Å²) in [5.74, 6) is -0.535. The molecule has 2 aromatic carbocycles. The maximum atomic E-state index is 12.7. The summed E-state index contributed by atoms with van der Waals surface area (Å²) in [6.07, 6.45) is 1.13. The second kappa shape index (κ2) is 9.58. The van der Waals surface area contributed by atoms with Crippen molar-refractivity contribution in [2.45, 2.75) is 23.8 Å². The molecule has 1 atom stereocenters. The molecule has 152 valence electrons. The minimum absolute atomic E-state index is 0.134. The Morgan fingerprint density at radius 2 is 1.86 bits per heavy atom. The predicted octanol–water partition coefficient (Wildman–Crippen LogP) is 3.83. The van der Waals surface area contributed by atoms with E-state index in [9.17, 15) is 14.4 Å². The van der Waals surface area contributed by atoms with Gasteiger partial charge in [0.05, 0.1) is 5.69 Å². The average molecular weight is 413 g/mol. The number of nitrogens with one attached hydrogen (secondary N) is 2. The van der Waals surface area contributed by atoms with Gasteiger partial charge < -0.3 is 20.3 Å². The first-order valence-corrected chi connectivity index (χ1v) is 10.1. The minimum atomic E-state index is -0.439. The van der Waals surface area contributed by atoms with E-state index in [0.717, 1.165) is 18.2 Å². The fourth-order valence-electron chi connectivity index (χ4n) is 2.78. The molecule has 1 saturated heterocycles. The van der Waals surface area contributed by atoms with Crippen LogP contribution in [0, 0.1) is 0 Å². The molecule has 8 heteroatoms. The molecular formula is C21H23N3O4S. The number of para-hydroxylation sites is 1. The van der Waals surface area contributed by atoms with Gasteiger partial charge in [0.1, 0.15) is 6.10 Å². The predicted molar refractivity (Wildman–Crippen MR) is 113 cm³/mol. The van der Waals surface area contributed by atoms with Crippen LogP contribution in [-0.2, 0) is 9.53 Å². The second-order valence-electron chi connectivity index (χ2n) is 6.78. The Morgan fingerprint density at radius 3 is 2.59 bits per heavy atom. The van der Waals surface area contributed by atoms with Crippen molar-refractivity contribution in [2.24, 2.45) is 0 Å². The van der Waals surface area contributed by atoms with Crippen molar-refractivity contribution in [3.63, 3.8) is 0 Å². The summed E-state index contributed by atoms with van der Waals surface area (Å²) in [6.45, 7) is 0.592. The Bertz CT molecular complexity index is 910. The van der Waals surface area contributed by atoms with Gasteiger partial charge >= 0.3 is 0 Å². The van der Waals surface area contributed by atoms with Crippen LogP contribution in [0.2, 0.25) is 0 Å². The summed E-state index contributed by atoms with van der Waals surface area (Å²) in [5.41, 5.74) is 1.48. The highest BCUT2D eigenvalue weighted by atomic mass is 32.2. The lowest BCUT2D eigenvalue weighted by molar-refractivity contribution is -0.124. The van der Waals surface area contributed by atoms with Gasteiger partial charge in [-0.2, -0.15) is 0 Å². The van der Waals surface area contributed by atoms with E-state index in [2.05, 4.69) is 10.6 Å². The highest BCUT2D eigenvalue weighted by Crippen LogP contribution is 2.29. The number of ether oxygens (including phenoxy) is 1. The van der Waals surface area contributed by atoms with Gasteiger partial charge in [-0.25, -0.2) is 0 Å². The van der Waals surface area contributed by atoms with Crippen molar-refractivity contribution in [1.82, 2.24) is 4.90 Å². The van der Waals surface area contributed by atoms with E-state index in [1.54, 1.807) is 56.6 Å². The van der Waals surface area contributed by atoms with Gasteiger partial charge in [-0.1, -0.05) is 18.2 Å². The number of benzene rings is 2. The number of anilines is 2. The van der Waals surface area contributed by atoms with Crippen LogP contribution in [0.1, 0.15) is 23.2 Å². The molecule has 2 N–H and O–H groups in total. The molecular weight excluding hydrogens is 390 g/mol. The van der Waals surface area contributed by atoms with Gasteiger partial charge in [-0.05, 0) is 54.9 Å². The fourth-order valence-corrected chi connectivity index (χ4v) is 3.53. The number of hydrogen-bond donors (Lipinski definition) is 2. The Balaban J connectivity index is 1.70. The highest BCUT2D eigenvalue weighted by Gasteiger charge is 2.23. The van der Waals surface area contributed by atoms with Crippen molar-refractivity contribution >= 4 is 40.2 Å². The molecule has 1 aliphatic heterocycles. The normalized spacial score (nSPS) is 15.6. The maximum Gasteiger partial charge on any atom is 0.286 e. The van der Waals surface area contributed by atoms with Gasteiger partial charge in [-0.15, -0.1) is 0 Å². The van der Waals surface area contributed by atoms with E-state index < -0.39 is 6.10 Å². The van der Waals surface area contributed by atoms with Crippen LogP contribution in [0.15, 0.2) is 53.4 Å². The summed E-state index contributed by atoms with van der Waals surface area (Å²) in [7, 11) is 3.35. The number of carbonyl (C=O) groups is 3. The van der Waals surface area contributed by atoms with Crippen LogP contribution in [0.25, 0.3) is 0 Å². The largest absolute Gasteiger partial charge is 0.368 e. The third kappa shape index (κ3) is 5.58. The van der Waals surface area contributed by atoms with Gasteiger partial charge in [0.15, 0.2) is 0 Å². The topological polar surface area (TPSA) is 87.7 Å². The second-order valence-corrected chi connectivity index (χ2v) is 7.78. The van der Waals surface area contributed by atoms with Crippen LogP contribution in [0.3, 0.4) is 0 Å². The van der Waals surface area contributed by atoms with Gasteiger partial charge in [0.2, 0.25) is 0 Å². The van der Waals surface area contributed by atoms with E-state index in [4.69, 9.17) is 4.74 Å². The number of hydrogen-bond acceptors (Lipinski definition) is 5. The van der Waals surface area contributed by atoms with Crippen LogP contribution in [0.4, 0.5) is 16.2 Å². The molecule has 0 aromatic heterocycles. The first-order chi connectivity index (χ1) is 13.9. The maximum absolute atomic E-state index is 12.7. The zero-order valence-corrected chi connectivity index (χ0v) is 17.1. The van der Waals surface area contributed by atoms with E-state index in [1.165, 1.54) is 4.90 Å². The van der Waals surface area contributed by atoms with Gasteiger partial charge in [-0.3, -0.25) is 14.4 Å². The van der Waals surface area contributed by atoms with Crippen LogP contribution in [0.5, 0.6) is 0 Å². The van der Waals surface area contributed by atoms with E-state index >= 15 is 0 Å². The quantitative estimate of drug-likeness (QED) is 0.728. The number of carbonyl (C=O) groups excluding carboxylic acids is 3. The van der Waals surface area contributed by atoms with E-state index in [0.29, 0.717) is 34.9 Å². The van der Waals surface area contributed by atoms with E-state index in [1.807, 2.05) is 6.07 Å². The van der Waals surface area contributed by atoms with Gasteiger partial charge in [0, 0.05) is 36.8 Å². The van der Waals surface area contributed by atoms with Crippen molar-refractivity contribution in [3.05, 3.63) is 54.1 Å². The Kier molecular flexibility index (Phi) is 6.90. The fraction of sp³-hybridized carbons (Fsp3) is 0.286. The lowest BCUT2D eigenvalue weighted by Crippen LogP contribution is -2.27. The Morgan fingerprint density at radius 1 is 1.07 bits per heavy atom. The molecule has 3 amide bonds. The third-order valence-corrected chi connectivity index (χ3v) is 5.43. The SMILES string of the molecule is CN(C)C(=O)Sc1ccccc1NC(=O)c1cccc(NC(=O)C2CCCO2)c1. The molecule has 1 unspecified atom stereocenters. The summed E-state index contributed by atoms with van der Waals surface area (Å²) in [5, 5.41) is 5.50. The van der Waals surface area contributed by atoms with Crippen molar-refractivity contribution in [2.75, 3.05) is 31.3 Å². The smallest absolute Gasteiger partial charge is 0.286 e. The molecule has 7 nitrogen and oxygen atoms in total. The lowest BCUT2D eigenvalue weighted by atomic mass is 10.1. The molecule has 29 heavy (non-hydrogen) atoms. The number of rotatable bonds is 5. The summed E-state index contributed by atoms with van der Waals surface area (Å²) in [6, 6.07) is 13.8. The molecule has 1 heterocycles. The molecule has 0 bridgehead atoms. The standard InChI is InChI=1S/C21H23N3O4S/c1-24(2)21(27)29-18-11-4-3-9-16(18)23-19(25)14-7-5-8-15(13-14)22-20(26)17-10-6-12-28-17/h3-5,7-9,11,13,17H,6,10,12H2,1-2H3,(H,22,26)(H,23,25). The number of amides is 3. The first kappa shape index (κ1) is 20.9. The number of nitrogens with zero attached hydrogens (tertiary/aromatic N) is 1. The third-order valence-electron chi connectivity index (χ3n) is 4.31. The Labute approximate surface area is 173 Å². The molecule has 1 aliphatic rings. The van der Waals surface area contributed by atoms with Crippen molar-refractivity contribution in [1.29, 1.82) is 0 Å². The molecule has 0 saturated carbocycles. The summed E-state index contributed by atoms with van der Waals surface area (Å²) >= 11 is 1.04. The zero-order chi connectivity index (χ0) is 20.8. The molecule has 0 radical (unpaired) electrons. The summed E-state index contributed by atoms with van der Waals surface area (Å²) < 4.78 is 5.38. The molecule has 3 rings (SSSR count).